The largest absolute Gasteiger partial charge is 0.316 e. The van der Waals surface area contributed by atoms with E-state index in [1.807, 2.05) is 0 Å². The quantitative estimate of drug-likeness (QED) is 0.739. The smallest absolute Gasteiger partial charge is 0.258 e. The van der Waals surface area contributed by atoms with Crippen molar-refractivity contribution in [2.75, 3.05) is 25.1 Å². The van der Waals surface area contributed by atoms with Gasteiger partial charge in [-0.25, -0.2) is 4.21 Å². The Labute approximate surface area is 85.6 Å². The number of rotatable bonds is 2. The monoisotopic (exact) mass is 218 g/mol. The molecule has 5 heteroatoms. The molecule has 0 aromatic rings. The Morgan fingerprint density at radius 3 is 2.86 bits per heavy atom. The van der Waals surface area contributed by atoms with Gasteiger partial charge in [0.05, 0.1) is 15.6 Å². The van der Waals surface area contributed by atoms with Crippen molar-refractivity contribution in [3.8, 4) is 0 Å². The van der Waals surface area contributed by atoms with Crippen molar-refractivity contribution in [2.45, 2.75) is 19.8 Å². The Bertz CT molecular complexity index is 313. The zero-order chi connectivity index (χ0) is 10.6. The molecule has 14 heavy (non-hydrogen) atoms. The summed E-state index contributed by atoms with van der Waals surface area (Å²) in [6.45, 7) is 3.44. The molecule has 1 heterocycles. The van der Waals surface area contributed by atoms with Crippen LogP contribution in [0.25, 0.3) is 0 Å². The molecule has 0 saturated carbocycles. The number of carbonyl (C=O) groups excluding carboxylic acids is 1. The van der Waals surface area contributed by atoms with Crippen LogP contribution in [-0.4, -0.2) is 35.2 Å². The Morgan fingerprint density at radius 2 is 2.36 bits per heavy atom. The third kappa shape index (κ3) is 3.38. The molecule has 1 saturated heterocycles. The molecule has 0 spiro atoms. The number of carbonyl (C=O) groups is 1. The number of hydrogen-bond acceptors (Lipinski definition) is 3. The van der Waals surface area contributed by atoms with E-state index in [1.54, 1.807) is 13.2 Å². The maximum atomic E-state index is 11.6. The highest BCUT2D eigenvalue weighted by Crippen LogP contribution is 2.12. The van der Waals surface area contributed by atoms with Gasteiger partial charge in [0.2, 0.25) is 0 Å². The van der Waals surface area contributed by atoms with Crippen molar-refractivity contribution in [1.29, 1.82) is 0 Å². The third-order valence-corrected chi connectivity index (χ3v) is 4.10. The summed E-state index contributed by atoms with van der Waals surface area (Å²) in [6, 6.07) is 0. The molecule has 1 N–H and O–H groups in total. The average Bonchev–Trinajstić information content (AvgIpc) is 2.19. The first-order valence-electron chi connectivity index (χ1n) is 4.99. The molecule has 0 aromatic carbocycles. The fourth-order valence-electron chi connectivity index (χ4n) is 1.39. The summed E-state index contributed by atoms with van der Waals surface area (Å²) in [5, 5.41) is 3.15. The van der Waals surface area contributed by atoms with E-state index in [0.717, 1.165) is 19.4 Å². The molecule has 1 amide bonds. The molecule has 1 fully saturated rings. The second kappa shape index (κ2) is 4.89. The summed E-state index contributed by atoms with van der Waals surface area (Å²) < 4.78 is 15.4. The Morgan fingerprint density at radius 1 is 1.64 bits per heavy atom. The first kappa shape index (κ1) is 11.7. The first-order chi connectivity index (χ1) is 6.55. The van der Waals surface area contributed by atoms with Crippen LogP contribution >= 0.6 is 0 Å². The van der Waals surface area contributed by atoms with E-state index in [0.29, 0.717) is 12.3 Å². The van der Waals surface area contributed by atoms with Gasteiger partial charge in [0.25, 0.3) is 5.91 Å². The minimum absolute atomic E-state index is 0.0592. The van der Waals surface area contributed by atoms with E-state index in [-0.39, 0.29) is 11.8 Å². The Balaban J connectivity index is 2.65. The van der Waals surface area contributed by atoms with Gasteiger partial charge in [-0.2, -0.15) is 4.36 Å². The first-order valence-corrected chi connectivity index (χ1v) is 7.09. The van der Waals surface area contributed by atoms with Gasteiger partial charge >= 0.3 is 0 Å². The highest BCUT2D eigenvalue weighted by molar-refractivity contribution is 7.93. The molecule has 1 aliphatic rings. The van der Waals surface area contributed by atoms with Gasteiger partial charge in [0, 0.05) is 18.6 Å². The summed E-state index contributed by atoms with van der Waals surface area (Å²) >= 11 is 0. The maximum Gasteiger partial charge on any atom is 0.258 e. The molecular formula is C9H18N2O2S. The van der Waals surface area contributed by atoms with E-state index in [9.17, 15) is 9.00 Å². The lowest BCUT2D eigenvalue weighted by atomic mass is 9.99. The molecule has 4 nitrogen and oxygen atoms in total. The van der Waals surface area contributed by atoms with Gasteiger partial charge in [-0.1, -0.05) is 6.92 Å². The lowest BCUT2D eigenvalue weighted by Gasteiger charge is -2.19. The summed E-state index contributed by atoms with van der Waals surface area (Å²) in [6.07, 6.45) is 3.42. The summed E-state index contributed by atoms with van der Waals surface area (Å²) in [4.78, 5) is 11.6. The van der Waals surface area contributed by atoms with E-state index in [1.165, 1.54) is 0 Å². The van der Waals surface area contributed by atoms with Gasteiger partial charge in [0.1, 0.15) is 0 Å². The van der Waals surface area contributed by atoms with Crippen LogP contribution in [0.1, 0.15) is 19.8 Å². The van der Waals surface area contributed by atoms with Crippen molar-refractivity contribution >= 4 is 15.6 Å². The molecule has 0 radical (unpaired) electrons. The van der Waals surface area contributed by atoms with Crippen molar-refractivity contribution < 1.29 is 9.00 Å². The SMILES string of the molecule is CCS(C)(=O)=NC(=O)[C@H]1CCCNC1. The van der Waals surface area contributed by atoms with Crippen LogP contribution in [0.15, 0.2) is 4.36 Å². The second-order valence-corrected chi connectivity index (χ2v) is 6.40. The van der Waals surface area contributed by atoms with Crippen LogP contribution < -0.4 is 5.32 Å². The third-order valence-electron chi connectivity index (χ3n) is 2.46. The Kier molecular flexibility index (Phi) is 4.07. The zero-order valence-corrected chi connectivity index (χ0v) is 9.60. The van der Waals surface area contributed by atoms with Gasteiger partial charge in [-0.15, -0.1) is 0 Å². The highest BCUT2D eigenvalue weighted by Gasteiger charge is 2.21. The molecule has 1 aliphatic heterocycles. The number of hydrogen-bond donors (Lipinski definition) is 1. The average molecular weight is 218 g/mol. The topological polar surface area (TPSA) is 58.5 Å². The van der Waals surface area contributed by atoms with Gasteiger partial charge < -0.3 is 5.32 Å². The van der Waals surface area contributed by atoms with Crippen LogP contribution in [0.4, 0.5) is 0 Å². The minimum atomic E-state index is -2.27. The molecule has 2 atom stereocenters. The molecule has 1 rings (SSSR count). The predicted molar refractivity (Wildman–Crippen MR) is 57.6 cm³/mol. The van der Waals surface area contributed by atoms with Gasteiger partial charge in [-0.05, 0) is 19.4 Å². The normalized spacial score (nSPS) is 26.6. The van der Waals surface area contributed by atoms with Crippen LogP contribution in [-0.2, 0) is 14.5 Å². The van der Waals surface area contributed by atoms with Crippen molar-refractivity contribution in [3.63, 3.8) is 0 Å². The highest BCUT2D eigenvalue weighted by atomic mass is 32.2. The molecule has 0 aromatic heterocycles. The van der Waals surface area contributed by atoms with E-state index < -0.39 is 9.73 Å². The number of nitrogens with one attached hydrogen (secondary N) is 1. The van der Waals surface area contributed by atoms with E-state index in [2.05, 4.69) is 9.68 Å². The number of piperidine rings is 1. The lowest BCUT2D eigenvalue weighted by molar-refractivity contribution is -0.121. The fourth-order valence-corrected chi connectivity index (χ4v) is 2.05. The van der Waals surface area contributed by atoms with E-state index in [4.69, 9.17) is 0 Å². The minimum Gasteiger partial charge on any atom is -0.316 e. The lowest BCUT2D eigenvalue weighted by Crippen LogP contribution is -2.34. The molecular weight excluding hydrogens is 200 g/mol. The molecule has 82 valence electrons. The maximum absolute atomic E-state index is 11.6. The summed E-state index contributed by atoms with van der Waals surface area (Å²) in [5.74, 6) is 0.196. The van der Waals surface area contributed by atoms with Crippen LogP contribution in [0, 0.1) is 5.92 Å². The van der Waals surface area contributed by atoms with Crippen molar-refractivity contribution in [1.82, 2.24) is 5.32 Å². The van der Waals surface area contributed by atoms with Crippen LogP contribution in [0.2, 0.25) is 0 Å². The van der Waals surface area contributed by atoms with Crippen LogP contribution in [0.3, 0.4) is 0 Å². The zero-order valence-electron chi connectivity index (χ0n) is 8.78. The van der Waals surface area contributed by atoms with Gasteiger partial charge in [-0.3, -0.25) is 4.79 Å². The number of nitrogens with zero attached hydrogens (tertiary/aromatic N) is 1. The predicted octanol–water partition coefficient (Wildman–Crippen LogP) is 0.630. The van der Waals surface area contributed by atoms with Crippen molar-refractivity contribution in [3.05, 3.63) is 0 Å². The standard InChI is InChI=1S/C9H18N2O2S/c1-3-14(2,13)11-9(12)8-5-4-6-10-7-8/h8,10H,3-7H2,1-2H3/t8-,14?/m0/s1. The van der Waals surface area contributed by atoms with E-state index >= 15 is 0 Å². The summed E-state index contributed by atoms with van der Waals surface area (Å²) in [5.41, 5.74) is 0. The van der Waals surface area contributed by atoms with Gasteiger partial charge in [0.15, 0.2) is 0 Å². The Hall–Kier alpha value is -0.420. The molecule has 1 unspecified atom stereocenters. The molecule has 0 bridgehead atoms. The van der Waals surface area contributed by atoms with Crippen LogP contribution in [0.5, 0.6) is 0 Å². The fraction of sp³-hybridized carbons (Fsp3) is 0.889. The second-order valence-electron chi connectivity index (χ2n) is 3.72. The van der Waals surface area contributed by atoms with Crippen molar-refractivity contribution in [2.24, 2.45) is 10.3 Å². The number of amides is 1. The molecule has 0 aliphatic carbocycles. The summed E-state index contributed by atoms with van der Waals surface area (Å²) in [7, 11) is -2.27.